The molecule has 5 atom stereocenters. The van der Waals surface area contributed by atoms with E-state index >= 15 is 0 Å². The molecule has 0 amide bonds. The summed E-state index contributed by atoms with van der Waals surface area (Å²) in [6.45, 7) is -0.488. The van der Waals surface area contributed by atoms with E-state index in [2.05, 4.69) is 15.0 Å². The second-order valence-electron chi connectivity index (χ2n) is 12.1. The molecule has 0 spiro atoms. The van der Waals surface area contributed by atoms with Crippen molar-refractivity contribution < 1.29 is 42.9 Å². The van der Waals surface area contributed by atoms with Crippen molar-refractivity contribution >= 4 is 46.6 Å². The number of carbonyl (C=O) groups excluding carboxylic acids is 4. The number of halogens is 1. The van der Waals surface area contributed by atoms with E-state index in [1.165, 1.54) is 17.2 Å². The van der Waals surface area contributed by atoms with Gasteiger partial charge in [0.15, 0.2) is 23.0 Å². The highest BCUT2D eigenvalue weighted by Gasteiger charge is 2.49. The van der Waals surface area contributed by atoms with E-state index in [0.29, 0.717) is 0 Å². The summed E-state index contributed by atoms with van der Waals surface area (Å²) in [6.07, 6.45) is -4.26. The molecule has 0 radical (unpaired) electrons. The molecule has 6 aromatic rings. The van der Waals surface area contributed by atoms with Gasteiger partial charge in [-0.15, -0.1) is 0 Å². The molecular weight excluding hydrogens is 716 g/mol. The summed E-state index contributed by atoms with van der Waals surface area (Å²) in [4.78, 5) is 67.4. The first-order chi connectivity index (χ1) is 26.4. The molecule has 4 aromatic carbocycles. The molecule has 1 aliphatic heterocycles. The van der Waals surface area contributed by atoms with E-state index in [-0.39, 0.29) is 45.0 Å². The van der Waals surface area contributed by atoms with Gasteiger partial charge in [-0.05, 0) is 48.5 Å². The summed E-state index contributed by atoms with van der Waals surface area (Å²) < 4.78 is 32.4. The van der Waals surface area contributed by atoms with E-state index in [4.69, 9.17) is 35.3 Å². The second-order valence-corrected chi connectivity index (χ2v) is 12.5. The van der Waals surface area contributed by atoms with Crippen LogP contribution in [-0.2, 0) is 23.7 Å². The fourth-order valence-corrected chi connectivity index (χ4v) is 6.14. The lowest BCUT2D eigenvalue weighted by Gasteiger charge is -2.33. The summed E-state index contributed by atoms with van der Waals surface area (Å²) >= 11 is 6.35. The topological polar surface area (TPSA) is 158 Å². The van der Waals surface area contributed by atoms with Crippen LogP contribution in [0.2, 0.25) is 5.15 Å². The quantitative estimate of drug-likeness (QED) is 0.0877. The van der Waals surface area contributed by atoms with Gasteiger partial charge in [-0.3, -0.25) is 4.57 Å². The lowest BCUT2D eigenvalue weighted by molar-refractivity contribution is -0.138. The molecule has 2 aromatic heterocycles. The Morgan fingerprint density at radius 2 is 1.11 bits per heavy atom. The van der Waals surface area contributed by atoms with E-state index in [0.717, 1.165) is 0 Å². The third-order valence-electron chi connectivity index (χ3n) is 8.61. The highest BCUT2D eigenvalue weighted by Crippen LogP contribution is 2.35. The lowest BCUT2D eigenvalue weighted by Crippen LogP contribution is -2.51. The molecule has 1 aliphatic rings. The molecule has 14 heteroatoms. The standard InChI is InChI=1S/C40H31ClN4O9/c41-35-32-36(43-23-42-35)45(24-44-32)31-21-29(52-38(47)26-15-7-2-8-16-26)33(53-39(48)27-17-9-3-10-18-27)34(54-40(49)28-19-11-4-12-20-28)30(51-31)22-50-37(46)25-13-5-1-6-14-25/h1-20,23-24,29-31,33-34H,21-22H2/t29-,30+,31-,33+,34+/m0/s1. The van der Waals surface area contributed by atoms with Crippen molar-refractivity contribution in [1.82, 2.24) is 19.5 Å². The maximum absolute atomic E-state index is 13.8. The SMILES string of the molecule is O=C(OC[C@H]1O[C@H](n2cnc3c(Cl)ncnc32)C[C@H](OC(=O)c2ccccc2)[C@@H](OC(=O)c2ccccc2)[C@@H]1OC(=O)c1ccccc1)c1ccccc1. The van der Waals surface area contributed by atoms with Crippen molar-refractivity contribution in [2.75, 3.05) is 6.61 Å². The van der Waals surface area contributed by atoms with E-state index < -0.39 is 61.1 Å². The molecular formula is C40H31ClN4O9. The number of benzene rings is 4. The van der Waals surface area contributed by atoms with Crippen LogP contribution in [-0.4, -0.2) is 74.4 Å². The lowest BCUT2D eigenvalue weighted by atomic mass is 10.0. The van der Waals surface area contributed by atoms with Crippen molar-refractivity contribution in [3.8, 4) is 0 Å². The molecule has 7 rings (SSSR count). The van der Waals surface area contributed by atoms with Crippen molar-refractivity contribution in [2.45, 2.75) is 37.1 Å². The van der Waals surface area contributed by atoms with Crippen molar-refractivity contribution in [1.29, 1.82) is 0 Å². The smallest absolute Gasteiger partial charge is 0.338 e. The Morgan fingerprint density at radius 1 is 0.630 bits per heavy atom. The van der Waals surface area contributed by atoms with Crippen LogP contribution in [0.25, 0.3) is 11.2 Å². The Hall–Kier alpha value is -6.44. The first-order valence-electron chi connectivity index (χ1n) is 16.8. The van der Waals surface area contributed by atoms with Gasteiger partial charge in [0, 0.05) is 6.42 Å². The highest BCUT2D eigenvalue weighted by molar-refractivity contribution is 6.33. The second kappa shape index (κ2) is 16.5. The summed E-state index contributed by atoms with van der Waals surface area (Å²) in [5, 5.41) is 0.0807. The number of hydrogen-bond acceptors (Lipinski definition) is 12. The minimum atomic E-state index is -1.51. The number of rotatable bonds is 10. The average Bonchev–Trinajstić information content (AvgIpc) is 3.61. The first-order valence-corrected chi connectivity index (χ1v) is 17.2. The average molecular weight is 747 g/mol. The van der Waals surface area contributed by atoms with Gasteiger partial charge in [-0.25, -0.2) is 34.1 Å². The number of nitrogens with zero attached hydrogens (tertiary/aromatic N) is 4. The Kier molecular flexibility index (Phi) is 11.0. The normalized spacial score (nSPS) is 19.6. The van der Waals surface area contributed by atoms with Gasteiger partial charge in [0.1, 0.15) is 36.9 Å². The zero-order chi connectivity index (χ0) is 37.4. The van der Waals surface area contributed by atoms with Crippen LogP contribution in [0.15, 0.2) is 134 Å². The van der Waals surface area contributed by atoms with Gasteiger partial charge in [0.2, 0.25) is 0 Å². The molecule has 1 fully saturated rings. The summed E-state index contributed by atoms with van der Waals surface area (Å²) in [6, 6.07) is 32.8. The highest BCUT2D eigenvalue weighted by atomic mass is 35.5. The Balaban J connectivity index is 1.35. The Labute approximate surface area is 313 Å². The molecule has 0 N–H and O–H groups in total. The number of hydrogen-bond donors (Lipinski definition) is 0. The van der Waals surface area contributed by atoms with Crippen LogP contribution >= 0.6 is 11.6 Å². The number of imidazole rings is 1. The zero-order valence-corrected chi connectivity index (χ0v) is 29.1. The maximum Gasteiger partial charge on any atom is 0.338 e. The monoisotopic (exact) mass is 746 g/mol. The molecule has 3 heterocycles. The van der Waals surface area contributed by atoms with Crippen LogP contribution in [0.3, 0.4) is 0 Å². The molecule has 13 nitrogen and oxygen atoms in total. The fourth-order valence-electron chi connectivity index (χ4n) is 5.97. The molecule has 54 heavy (non-hydrogen) atoms. The van der Waals surface area contributed by atoms with E-state index in [1.54, 1.807) is 121 Å². The molecule has 1 saturated heterocycles. The Morgan fingerprint density at radius 3 is 1.65 bits per heavy atom. The molecule has 0 unspecified atom stereocenters. The van der Waals surface area contributed by atoms with Crippen molar-refractivity contribution in [3.05, 3.63) is 161 Å². The fraction of sp³-hybridized carbons (Fsp3) is 0.175. The first kappa shape index (κ1) is 35.9. The van der Waals surface area contributed by atoms with E-state index in [9.17, 15) is 19.2 Å². The molecule has 0 aliphatic carbocycles. The van der Waals surface area contributed by atoms with Gasteiger partial charge in [-0.2, -0.15) is 0 Å². The van der Waals surface area contributed by atoms with Gasteiger partial charge < -0.3 is 23.7 Å². The molecule has 0 saturated carbocycles. The largest absolute Gasteiger partial charge is 0.459 e. The van der Waals surface area contributed by atoms with Gasteiger partial charge in [0.05, 0.1) is 28.6 Å². The van der Waals surface area contributed by atoms with E-state index in [1.807, 2.05) is 0 Å². The predicted octanol–water partition coefficient (Wildman–Crippen LogP) is 6.30. The number of ether oxygens (including phenoxy) is 5. The number of aromatic nitrogens is 4. The molecule has 0 bridgehead atoms. The van der Waals surface area contributed by atoms with Crippen LogP contribution in [0.1, 0.15) is 54.1 Å². The number of esters is 4. The van der Waals surface area contributed by atoms with Crippen LogP contribution < -0.4 is 0 Å². The third-order valence-corrected chi connectivity index (χ3v) is 8.88. The summed E-state index contributed by atoms with van der Waals surface area (Å²) in [7, 11) is 0. The van der Waals surface area contributed by atoms with Crippen LogP contribution in [0.5, 0.6) is 0 Å². The maximum atomic E-state index is 13.8. The van der Waals surface area contributed by atoms with Gasteiger partial charge >= 0.3 is 23.9 Å². The van der Waals surface area contributed by atoms with Crippen LogP contribution in [0, 0.1) is 0 Å². The predicted molar refractivity (Wildman–Crippen MR) is 193 cm³/mol. The molecule has 272 valence electrons. The van der Waals surface area contributed by atoms with Gasteiger partial charge in [0.25, 0.3) is 0 Å². The minimum absolute atomic E-state index is 0.0807. The Bertz CT molecular complexity index is 2240. The zero-order valence-electron chi connectivity index (χ0n) is 28.3. The van der Waals surface area contributed by atoms with Gasteiger partial charge in [-0.1, -0.05) is 84.4 Å². The third kappa shape index (κ3) is 8.12. The number of fused-ring (bicyclic) bond motifs is 1. The summed E-state index contributed by atoms with van der Waals surface area (Å²) in [5.41, 5.74) is 1.36. The summed E-state index contributed by atoms with van der Waals surface area (Å²) in [5.74, 6) is -3.04. The number of carbonyl (C=O) groups is 4. The minimum Gasteiger partial charge on any atom is -0.459 e. The van der Waals surface area contributed by atoms with Crippen molar-refractivity contribution in [3.63, 3.8) is 0 Å². The van der Waals surface area contributed by atoms with Crippen molar-refractivity contribution in [2.24, 2.45) is 0 Å². The van der Waals surface area contributed by atoms with Crippen LogP contribution in [0.4, 0.5) is 0 Å².